The maximum Gasteiger partial charge on any atom is 0.156 e. The molecule has 3 heteroatoms. The van der Waals surface area contributed by atoms with E-state index in [-0.39, 0.29) is 0 Å². The summed E-state index contributed by atoms with van der Waals surface area (Å²) < 4.78 is 6.21. The molecule has 14 heavy (non-hydrogen) atoms. The highest BCUT2D eigenvalue weighted by atomic mass is 79.9. The normalized spacial score (nSPS) is 15.9. The monoisotopic (exact) mass is 259 g/mol. The molecule has 0 spiro atoms. The molecule has 0 fully saturated rings. The van der Waals surface area contributed by atoms with E-state index in [1.54, 1.807) is 0 Å². The highest BCUT2D eigenvalue weighted by molar-refractivity contribution is 9.11. The van der Waals surface area contributed by atoms with Gasteiger partial charge in [0.15, 0.2) is 5.76 Å². The van der Waals surface area contributed by atoms with Crippen molar-refractivity contribution < 1.29 is 4.74 Å². The van der Waals surface area contributed by atoms with E-state index in [1.165, 1.54) is 6.26 Å². The Morgan fingerprint density at radius 3 is 2.50 bits per heavy atom. The molecule has 0 rings (SSSR count). The molecule has 0 saturated carbocycles. The lowest BCUT2D eigenvalue weighted by Crippen LogP contribution is -2.06. The first-order valence-corrected chi connectivity index (χ1v) is 5.50. The van der Waals surface area contributed by atoms with Crippen LogP contribution in [0.3, 0.4) is 0 Å². The second kappa shape index (κ2) is 6.82. The van der Waals surface area contributed by atoms with E-state index in [0.29, 0.717) is 6.04 Å². The lowest BCUT2D eigenvalue weighted by atomic mass is 10.2. The van der Waals surface area contributed by atoms with Gasteiger partial charge in [0.2, 0.25) is 0 Å². The SMILES string of the molecule is C=CO/C(C(C)=NC(C)CC)=C(/C)Br. The van der Waals surface area contributed by atoms with Crippen LogP contribution in [0.2, 0.25) is 0 Å². The first-order valence-electron chi connectivity index (χ1n) is 4.71. The van der Waals surface area contributed by atoms with Gasteiger partial charge in [0.05, 0.1) is 12.0 Å². The average molecular weight is 260 g/mol. The predicted molar refractivity (Wildman–Crippen MR) is 65.8 cm³/mol. The molecule has 2 nitrogen and oxygen atoms in total. The second-order valence-electron chi connectivity index (χ2n) is 3.12. The fourth-order valence-electron chi connectivity index (χ4n) is 0.980. The predicted octanol–water partition coefficient (Wildman–Crippen LogP) is 4.03. The Morgan fingerprint density at radius 1 is 1.57 bits per heavy atom. The van der Waals surface area contributed by atoms with Crippen LogP contribution in [0.15, 0.2) is 28.1 Å². The molecule has 1 atom stereocenters. The van der Waals surface area contributed by atoms with Gasteiger partial charge < -0.3 is 4.74 Å². The van der Waals surface area contributed by atoms with Crippen LogP contribution in [0, 0.1) is 0 Å². The molecule has 0 aliphatic rings. The number of aliphatic imine (C=N–C) groups is 1. The van der Waals surface area contributed by atoms with Gasteiger partial charge >= 0.3 is 0 Å². The molecule has 0 aliphatic heterocycles. The van der Waals surface area contributed by atoms with Crippen molar-refractivity contribution in [2.75, 3.05) is 0 Å². The van der Waals surface area contributed by atoms with Crippen molar-refractivity contribution in [2.45, 2.75) is 40.2 Å². The minimum absolute atomic E-state index is 0.324. The van der Waals surface area contributed by atoms with Crippen molar-refractivity contribution in [1.82, 2.24) is 0 Å². The Morgan fingerprint density at radius 2 is 2.14 bits per heavy atom. The van der Waals surface area contributed by atoms with Crippen LogP contribution in [0.5, 0.6) is 0 Å². The van der Waals surface area contributed by atoms with E-state index in [9.17, 15) is 0 Å². The summed E-state index contributed by atoms with van der Waals surface area (Å²) in [4.78, 5) is 4.49. The zero-order valence-corrected chi connectivity index (χ0v) is 10.9. The van der Waals surface area contributed by atoms with Crippen LogP contribution in [-0.2, 0) is 4.74 Å². The quantitative estimate of drug-likeness (QED) is 0.540. The first-order chi connectivity index (χ1) is 6.52. The summed E-state index contributed by atoms with van der Waals surface area (Å²) in [7, 11) is 0. The zero-order valence-electron chi connectivity index (χ0n) is 9.30. The van der Waals surface area contributed by atoms with Gasteiger partial charge in [0.25, 0.3) is 0 Å². The highest BCUT2D eigenvalue weighted by Crippen LogP contribution is 2.15. The van der Waals surface area contributed by atoms with E-state index < -0.39 is 0 Å². The van der Waals surface area contributed by atoms with Crippen molar-refractivity contribution in [1.29, 1.82) is 0 Å². The van der Waals surface area contributed by atoms with E-state index in [4.69, 9.17) is 4.74 Å². The minimum Gasteiger partial charge on any atom is -0.463 e. The minimum atomic E-state index is 0.324. The van der Waals surface area contributed by atoms with Crippen molar-refractivity contribution in [3.63, 3.8) is 0 Å². The third kappa shape index (κ3) is 4.61. The van der Waals surface area contributed by atoms with Gasteiger partial charge in [-0.05, 0) is 27.2 Å². The second-order valence-corrected chi connectivity index (χ2v) is 4.31. The fourth-order valence-corrected chi connectivity index (χ4v) is 1.36. The van der Waals surface area contributed by atoms with Crippen molar-refractivity contribution in [3.05, 3.63) is 23.1 Å². The molecule has 0 aromatic heterocycles. The summed E-state index contributed by atoms with van der Waals surface area (Å²) >= 11 is 3.38. The lowest BCUT2D eigenvalue weighted by Gasteiger charge is -2.09. The lowest BCUT2D eigenvalue weighted by molar-refractivity contribution is 0.376. The number of allylic oxidation sites excluding steroid dienone is 2. The van der Waals surface area contributed by atoms with Crippen LogP contribution < -0.4 is 0 Å². The van der Waals surface area contributed by atoms with E-state index in [2.05, 4.69) is 41.3 Å². The van der Waals surface area contributed by atoms with Crippen molar-refractivity contribution in [2.24, 2.45) is 4.99 Å². The molecule has 0 bridgehead atoms. The van der Waals surface area contributed by atoms with Gasteiger partial charge in [0.1, 0.15) is 0 Å². The Bertz CT molecular complexity index is 252. The largest absolute Gasteiger partial charge is 0.463 e. The average Bonchev–Trinajstić information content (AvgIpc) is 2.13. The summed E-state index contributed by atoms with van der Waals surface area (Å²) in [6.45, 7) is 11.6. The number of ether oxygens (including phenoxy) is 1. The van der Waals surface area contributed by atoms with E-state index in [1.807, 2.05) is 13.8 Å². The standard InChI is InChI=1S/C11H18BrNO/c1-6-8(3)13-10(5)11(9(4)12)14-7-2/h7-8H,2,6H2,1,3-5H3/b11-9-,13-10?. The molecule has 0 radical (unpaired) electrons. The fraction of sp³-hybridized carbons (Fsp3) is 0.545. The maximum atomic E-state index is 5.28. The van der Waals surface area contributed by atoms with Gasteiger partial charge in [-0.15, -0.1) is 0 Å². The van der Waals surface area contributed by atoms with Crippen LogP contribution >= 0.6 is 15.9 Å². The summed E-state index contributed by atoms with van der Waals surface area (Å²) in [6, 6.07) is 0.324. The van der Waals surface area contributed by atoms with Crippen LogP contribution in [0.4, 0.5) is 0 Å². The topological polar surface area (TPSA) is 21.6 Å². The molecule has 0 amide bonds. The third-order valence-corrected chi connectivity index (χ3v) is 2.21. The molecule has 0 saturated heterocycles. The summed E-state index contributed by atoms with van der Waals surface area (Å²) in [5.74, 6) is 0.750. The number of hydrogen-bond acceptors (Lipinski definition) is 2. The van der Waals surface area contributed by atoms with Crippen LogP contribution in [0.25, 0.3) is 0 Å². The maximum absolute atomic E-state index is 5.28. The molecular weight excluding hydrogens is 242 g/mol. The molecule has 1 unspecified atom stereocenters. The highest BCUT2D eigenvalue weighted by Gasteiger charge is 2.06. The van der Waals surface area contributed by atoms with Gasteiger partial charge in [-0.1, -0.05) is 29.4 Å². The Balaban J connectivity index is 4.77. The van der Waals surface area contributed by atoms with Gasteiger partial charge in [-0.2, -0.15) is 0 Å². The molecule has 0 N–H and O–H groups in total. The van der Waals surface area contributed by atoms with Crippen LogP contribution in [0.1, 0.15) is 34.1 Å². The van der Waals surface area contributed by atoms with Gasteiger partial charge in [-0.25, -0.2) is 0 Å². The van der Waals surface area contributed by atoms with Crippen molar-refractivity contribution in [3.8, 4) is 0 Å². The Kier molecular flexibility index (Phi) is 6.54. The smallest absolute Gasteiger partial charge is 0.156 e. The molecule has 0 aliphatic carbocycles. The van der Waals surface area contributed by atoms with Gasteiger partial charge in [-0.3, -0.25) is 4.99 Å². The number of nitrogens with zero attached hydrogens (tertiary/aromatic N) is 1. The summed E-state index contributed by atoms with van der Waals surface area (Å²) in [5.41, 5.74) is 0.897. The number of halogens is 1. The van der Waals surface area contributed by atoms with Crippen LogP contribution in [-0.4, -0.2) is 11.8 Å². The number of hydrogen-bond donors (Lipinski definition) is 0. The molecule has 0 aromatic rings. The molecule has 0 heterocycles. The third-order valence-electron chi connectivity index (χ3n) is 1.85. The summed E-state index contributed by atoms with van der Waals surface area (Å²) in [5, 5.41) is 0. The van der Waals surface area contributed by atoms with E-state index >= 15 is 0 Å². The van der Waals surface area contributed by atoms with E-state index in [0.717, 1.165) is 22.4 Å². The first kappa shape index (κ1) is 13.4. The van der Waals surface area contributed by atoms with Crippen molar-refractivity contribution >= 4 is 21.6 Å². The Hall–Kier alpha value is -0.570. The number of rotatable bonds is 5. The molecule has 0 aromatic carbocycles. The zero-order chi connectivity index (χ0) is 11.1. The Labute approximate surface area is 94.9 Å². The summed E-state index contributed by atoms with van der Waals surface area (Å²) in [6.07, 6.45) is 2.44. The molecule has 80 valence electrons. The molecular formula is C11H18BrNO. The van der Waals surface area contributed by atoms with Gasteiger partial charge in [0, 0.05) is 10.5 Å².